The average Bonchev–Trinajstić information content (AvgIpc) is 2.46. The molecule has 1 heterocycles. The Morgan fingerprint density at radius 3 is 2.85 bits per heavy atom. The fourth-order valence-electron chi connectivity index (χ4n) is 0.820. The SMILES string of the molecule is C/C=C(/C)n1cc([N+](=O)[O-])nc1Br. The molecule has 0 bridgehead atoms. The molecule has 0 aliphatic heterocycles. The second-order valence-corrected chi connectivity index (χ2v) is 3.13. The molecule has 1 aromatic rings. The Labute approximate surface area is 83.4 Å². The summed E-state index contributed by atoms with van der Waals surface area (Å²) in [6.07, 6.45) is 3.22. The van der Waals surface area contributed by atoms with Crippen molar-refractivity contribution in [3.05, 3.63) is 27.1 Å². The molecule has 0 spiro atoms. The van der Waals surface area contributed by atoms with Crippen molar-refractivity contribution in [1.29, 1.82) is 0 Å². The predicted octanol–water partition coefficient (Wildman–Crippen LogP) is 2.43. The van der Waals surface area contributed by atoms with E-state index < -0.39 is 4.92 Å². The van der Waals surface area contributed by atoms with Gasteiger partial charge in [0.2, 0.25) is 0 Å². The summed E-state index contributed by atoms with van der Waals surface area (Å²) in [6, 6.07) is 0. The van der Waals surface area contributed by atoms with Gasteiger partial charge in [-0.25, -0.2) is 0 Å². The monoisotopic (exact) mass is 245 g/mol. The second-order valence-electron chi connectivity index (χ2n) is 2.43. The van der Waals surface area contributed by atoms with Crippen LogP contribution in [0.3, 0.4) is 0 Å². The van der Waals surface area contributed by atoms with Crippen LogP contribution in [0.5, 0.6) is 0 Å². The molecule has 1 aromatic heterocycles. The van der Waals surface area contributed by atoms with Gasteiger partial charge in [0.1, 0.15) is 6.20 Å². The summed E-state index contributed by atoms with van der Waals surface area (Å²) < 4.78 is 2.05. The van der Waals surface area contributed by atoms with Crippen LogP contribution < -0.4 is 0 Å². The first kappa shape index (κ1) is 9.91. The van der Waals surface area contributed by atoms with E-state index in [4.69, 9.17) is 0 Å². The first-order valence-electron chi connectivity index (χ1n) is 3.59. The van der Waals surface area contributed by atoms with Crippen molar-refractivity contribution < 1.29 is 4.92 Å². The smallest absolute Gasteiger partial charge is 0.358 e. The maximum absolute atomic E-state index is 10.4. The van der Waals surface area contributed by atoms with E-state index in [0.717, 1.165) is 5.70 Å². The molecule has 13 heavy (non-hydrogen) atoms. The van der Waals surface area contributed by atoms with Crippen molar-refractivity contribution in [3.63, 3.8) is 0 Å². The molecule has 0 radical (unpaired) electrons. The third kappa shape index (κ3) is 1.95. The zero-order valence-electron chi connectivity index (χ0n) is 7.19. The Morgan fingerprint density at radius 1 is 1.85 bits per heavy atom. The number of imidazole rings is 1. The molecule has 0 atom stereocenters. The lowest BCUT2D eigenvalue weighted by atomic mass is 10.4. The number of hydrogen-bond donors (Lipinski definition) is 0. The van der Waals surface area contributed by atoms with Gasteiger partial charge in [0.15, 0.2) is 0 Å². The van der Waals surface area contributed by atoms with Crippen LogP contribution in [-0.4, -0.2) is 14.5 Å². The Balaban J connectivity index is 3.18. The molecule has 0 saturated carbocycles. The van der Waals surface area contributed by atoms with E-state index >= 15 is 0 Å². The van der Waals surface area contributed by atoms with E-state index in [2.05, 4.69) is 20.9 Å². The zero-order chi connectivity index (χ0) is 10.0. The van der Waals surface area contributed by atoms with E-state index in [1.165, 1.54) is 6.20 Å². The molecule has 0 unspecified atom stereocenters. The molecule has 0 aliphatic rings. The van der Waals surface area contributed by atoms with Crippen molar-refractivity contribution in [1.82, 2.24) is 9.55 Å². The van der Waals surface area contributed by atoms with Gasteiger partial charge in [0.05, 0.1) is 0 Å². The van der Waals surface area contributed by atoms with Crippen LogP contribution in [0.1, 0.15) is 13.8 Å². The molecule has 0 aromatic carbocycles. The van der Waals surface area contributed by atoms with Gasteiger partial charge in [-0.3, -0.25) is 4.57 Å². The predicted molar refractivity (Wildman–Crippen MR) is 52.2 cm³/mol. The lowest BCUT2D eigenvalue weighted by Gasteiger charge is -1.97. The number of halogens is 1. The van der Waals surface area contributed by atoms with E-state index in [1.54, 1.807) is 4.57 Å². The van der Waals surface area contributed by atoms with Crippen molar-refractivity contribution in [2.75, 3.05) is 0 Å². The minimum absolute atomic E-state index is 0.159. The Bertz CT molecular complexity index is 370. The quantitative estimate of drug-likeness (QED) is 0.594. The summed E-state index contributed by atoms with van der Waals surface area (Å²) in [7, 11) is 0. The molecule has 6 heteroatoms. The number of rotatable bonds is 2. The van der Waals surface area contributed by atoms with Crippen LogP contribution in [0.2, 0.25) is 0 Å². The molecule has 1 rings (SSSR count). The minimum atomic E-state index is -0.524. The maximum Gasteiger partial charge on any atom is 0.383 e. The average molecular weight is 246 g/mol. The molecule has 0 fully saturated rings. The Hall–Kier alpha value is -1.17. The van der Waals surface area contributed by atoms with Gasteiger partial charge in [0, 0.05) is 21.6 Å². The first-order valence-corrected chi connectivity index (χ1v) is 4.38. The van der Waals surface area contributed by atoms with Crippen LogP contribution in [-0.2, 0) is 0 Å². The number of allylic oxidation sites excluding steroid dienone is 2. The van der Waals surface area contributed by atoms with Gasteiger partial charge in [-0.15, -0.1) is 0 Å². The van der Waals surface area contributed by atoms with Crippen LogP contribution in [0, 0.1) is 10.1 Å². The summed E-state index contributed by atoms with van der Waals surface area (Å²) in [4.78, 5) is 13.6. The third-order valence-electron chi connectivity index (χ3n) is 1.63. The molecule has 70 valence electrons. The zero-order valence-corrected chi connectivity index (χ0v) is 8.78. The van der Waals surface area contributed by atoms with E-state index in [1.807, 2.05) is 19.9 Å². The highest BCUT2D eigenvalue weighted by molar-refractivity contribution is 9.10. The van der Waals surface area contributed by atoms with Gasteiger partial charge in [-0.1, -0.05) is 6.08 Å². The second kappa shape index (κ2) is 3.69. The lowest BCUT2D eigenvalue weighted by Crippen LogP contribution is -1.90. The molecule has 0 N–H and O–H groups in total. The van der Waals surface area contributed by atoms with Crippen molar-refractivity contribution in [2.24, 2.45) is 0 Å². The molecule has 0 amide bonds. The Morgan fingerprint density at radius 2 is 2.46 bits per heavy atom. The summed E-state index contributed by atoms with van der Waals surface area (Å²) >= 11 is 3.13. The first-order chi connectivity index (χ1) is 6.06. The molecule has 0 aliphatic carbocycles. The Kier molecular flexibility index (Phi) is 2.82. The van der Waals surface area contributed by atoms with Crippen LogP contribution in [0.25, 0.3) is 5.70 Å². The summed E-state index contributed by atoms with van der Waals surface area (Å²) in [5.74, 6) is -0.159. The fourth-order valence-corrected chi connectivity index (χ4v) is 1.38. The third-order valence-corrected chi connectivity index (χ3v) is 2.19. The van der Waals surface area contributed by atoms with E-state index in [9.17, 15) is 10.1 Å². The summed E-state index contributed by atoms with van der Waals surface area (Å²) in [5, 5.41) is 10.4. The highest BCUT2D eigenvalue weighted by atomic mass is 79.9. The maximum atomic E-state index is 10.4. The van der Waals surface area contributed by atoms with Crippen LogP contribution >= 0.6 is 15.9 Å². The number of nitrogens with zero attached hydrogens (tertiary/aromatic N) is 3. The number of aromatic nitrogens is 2. The largest absolute Gasteiger partial charge is 0.383 e. The fraction of sp³-hybridized carbons (Fsp3) is 0.286. The van der Waals surface area contributed by atoms with Gasteiger partial charge in [-0.05, 0) is 23.8 Å². The van der Waals surface area contributed by atoms with Crippen molar-refractivity contribution in [2.45, 2.75) is 13.8 Å². The molecule has 5 nitrogen and oxygen atoms in total. The van der Waals surface area contributed by atoms with Crippen molar-refractivity contribution >= 4 is 27.4 Å². The number of hydrogen-bond acceptors (Lipinski definition) is 3. The number of nitro groups is 1. The standard InChI is InChI=1S/C7H8BrN3O2/c1-3-5(2)10-4-6(11(12)13)9-7(10)8/h3-4H,1-2H3/b5-3-. The van der Waals surface area contributed by atoms with E-state index in [-0.39, 0.29) is 5.82 Å². The van der Waals surface area contributed by atoms with Gasteiger partial charge in [0.25, 0.3) is 4.73 Å². The normalized spacial score (nSPS) is 11.8. The van der Waals surface area contributed by atoms with Crippen molar-refractivity contribution in [3.8, 4) is 0 Å². The van der Waals surface area contributed by atoms with E-state index in [0.29, 0.717) is 4.73 Å². The van der Waals surface area contributed by atoms with Crippen LogP contribution in [0.4, 0.5) is 5.82 Å². The van der Waals surface area contributed by atoms with Gasteiger partial charge in [-0.2, -0.15) is 0 Å². The summed E-state index contributed by atoms with van der Waals surface area (Å²) in [5.41, 5.74) is 0.882. The van der Waals surface area contributed by atoms with Gasteiger partial charge < -0.3 is 10.1 Å². The highest BCUT2D eigenvalue weighted by Crippen LogP contribution is 2.19. The highest BCUT2D eigenvalue weighted by Gasteiger charge is 2.16. The molecular formula is C7H8BrN3O2. The molecular weight excluding hydrogens is 238 g/mol. The summed E-state index contributed by atoms with van der Waals surface area (Å²) in [6.45, 7) is 3.70. The van der Waals surface area contributed by atoms with Gasteiger partial charge >= 0.3 is 5.82 Å². The minimum Gasteiger partial charge on any atom is -0.358 e. The topological polar surface area (TPSA) is 61.0 Å². The lowest BCUT2D eigenvalue weighted by molar-refractivity contribution is -0.389. The van der Waals surface area contributed by atoms with Crippen LogP contribution in [0.15, 0.2) is 17.0 Å². The molecule has 0 saturated heterocycles.